The van der Waals surface area contributed by atoms with Gasteiger partial charge in [0.25, 0.3) is 0 Å². The first-order chi connectivity index (χ1) is 17.0. The molecule has 182 valence electrons. The van der Waals surface area contributed by atoms with Crippen LogP contribution < -0.4 is 5.32 Å². The number of nitrogens with one attached hydrogen (secondary N) is 2. The number of nitrogens with zero attached hydrogens (tertiary/aromatic N) is 6. The minimum absolute atomic E-state index is 0.149. The summed E-state index contributed by atoms with van der Waals surface area (Å²) in [5.41, 5.74) is 1.29. The molecule has 0 spiro atoms. The summed E-state index contributed by atoms with van der Waals surface area (Å²) in [5.74, 6) is -0.119. The number of methoxy groups -OCH3 is 1. The predicted octanol–water partition coefficient (Wildman–Crippen LogP) is 2.04. The number of hydrogen-bond acceptors (Lipinski definition) is 11. The van der Waals surface area contributed by atoms with E-state index in [1.165, 1.54) is 36.6 Å². The van der Waals surface area contributed by atoms with Crippen molar-refractivity contribution in [3.8, 4) is 0 Å². The van der Waals surface area contributed by atoms with Crippen LogP contribution in [-0.2, 0) is 14.3 Å². The van der Waals surface area contributed by atoms with Crippen LogP contribution in [0.5, 0.6) is 0 Å². The van der Waals surface area contributed by atoms with Gasteiger partial charge in [0.15, 0.2) is 16.7 Å². The van der Waals surface area contributed by atoms with Crippen LogP contribution >= 0.6 is 22.9 Å². The van der Waals surface area contributed by atoms with Crippen molar-refractivity contribution in [1.29, 1.82) is 0 Å². The highest BCUT2D eigenvalue weighted by Gasteiger charge is 2.36. The number of aliphatic imine (C=N–C) groups is 1. The summed E-state index contributed by atoms with van der Waals surface area (Å²) in [5, 5.41) is 20.2. The van der Waals surface area contributed by atoms with Crippen molar-refractivity contribution in [3.63, 3.8) is 0 Å². The number of thiazole rings is 1. The van der Waals surface area contributed by atoms with Crippen molar-refractivity contribution in [2.24, 2.45) is 4.99 Å². The number of H-pyrrole nitrogens is 1. The van der Waals surface area contributed by atoms with Crippen molar-refractivity contribution < 1.29 is 18.7 Å². The lowest BCUT2D eigenvalue weighted by molar-refractivity contribution is -0.136. The van der Waals surface area contributed by atoms with Crippen molar-refractivity contribution in [1.82, 2.24) is 35.8 Å². The molecule has 11 nitrogen and oxygen atoms in total. The molecule has 0 unspecified atom stereocenters. The van der Waals surface area contributed by atoms with E-state index in [9.17, 15) is 9.18 Å². The Balaban J connectivity index is 1.60. The fourth-order valence-electron chi connectivity index (χ4n) is 4.05. The van der Waals surface area contributed by atoms with Crippen LogP contribution in [0.3, 0.4) is 0 Å². The number of carbonyl (C=O) groups is 1. The molecule has 35 heavy (non-hydrogen) atoms. The van der Waals surface area contributed by atoms with Gasteiger partial charge in [-0.3, -0.25) is 9.89 Å². The van der Waals surface area contributed by atoms with Crippen molar-refractivity contribution in [2.45, 2.75) is 12.1 Å². The van der Waals surface area contributed by atoms with E-state index in [4.69, 9.17) is 26.1 Å². The zero-order valence-corrected chi connectivity index (χ0v) is 20.0. The number of aromatic nitrogens is 5. The maximum atomic E-state index is 13.8. The SMILES string of the molecule is COC(=O)C1=C(CN2CCOC[C@H]2c2nn[nH]n2)NC(c2nccs2)=N[C@H]1c1ccc(F)cc1Cl. The Morgan fingerprint density at radius 3 is 3.03 bits per heavy atom. The summed E-state index contributed by atoms with van der Waals surface area (Å²) < 4.78 is 24.6. The van der Waals surface area contributed by atoms with Gasteiger partial charge in [0.2, 0.25) is 0 Å². The molecule has 1 aromatic carbocycles. The Bertz CT molecular complexity index is 1270. The standard InChI is InChI=1S/C21H20ClFN8O3S/c1-33-21(32)16-14(9-31-5-6-34-10-15(31)18-27-29-30-28-18)25-19(20-24-4-7-35-20)26-17(16)12-3-2-11(23)8-13(12)22/h2-4,7-8,15,17H,5-6,9-10H2,1H3,(H,25,26)(H,27,28,29,30)/t15-,17-/m0/s1. The van der Waals surface area contributed by atoms with Crippen molar-refractivity contribution in [3.05, 3.63) is 68.3 Å². The van der Waals surface area contributed by atoms with Crippen molar-refractivity contribution >= 4 is 34.7 Å². The van der Waals surface area contributed by atoms with E-state index in [0.717, 1.165) is 0 Å². The maximum Gasteiger partial charge on any atom is 0.338 e. The monoisotopic (exact) mass is 518 g/mol. The van der Waals surface area contributed by atoms with E-state index in [0.29, 0.717) is 54.2 Å². The van der Waals surface area contributed by atoms with Gasteiger partial charge in [-0.1, -0.05) is 22.9 Å². The second kappa shape index (κ2) is 10.2. The zero-order valence-electron chi connectivity index (χ0n) is 18.4. The molecule has 0 amide bonds. The van der Waals surface area contributed by atoms with Gasteiger partial charge >= 0.3 is 5.97 Å². The molecule has 0 aliphatic carbocycles. The molecule has 1 fully saturated rings. The molecule has 0 saturated carbocycles. The third kappa shape index (κ3) is 4.80. The number of morpholine rings is 1. The van der Waals surface area contributed by atoms with Crippen LogP contribution in [0.25, 0.3) is 0 Å². The number of tetrazole rings is 1. The Morgan fingerprint density at radius 2 is 2.31 bits per heavy atom. The Morgan fingerprint density at radius 1 is 1.43 bits per heavy atom. The van der Waals surface area contributed by atoms with Crippen LogP contribution in [0.1, 0.15) is 28.5 Å². The van der Waals surface area contributed by atoms with Crippen LogP contribution in [0, 0.1) is 5.82 Å². The summed E-state index contributed by atoms with van der Waals surface area (Å²) in [7, 11) is 1.30. The van der Waals surface area contributed by atoms with E-state index in [1.807, 2.05) is 5.38 Å². The van der Waals surface area contributed by atoms with Gasteiger partial charge < -0.3 is 14.8 Å². The van der Waals surface area contributed by atoms with E-state index >= 15 is 0 Å². The van der Waals surface area contributed by atoms with Gasteiger partial charge in [0.05, 0.1) is 31.9 Å². The van der Waals surface area contributed by atoms with Crippen molar-refractivity contribution in [2.75, 3.05) is 33.4 Å². The smallest absolute Gasteiger partial charge is 0.338 e. The molecular formula is C21H20ClFN8O3S. The minimum Gasteiger partial charge on any atom is -0.466 e. The average Bonchev–Trinajstić information content (AvgIpc) is 3.58. The van der Waals surface area contributed by atoms with E-state index in [2.05, 4.69) is 35.8 Å². The van der Waals surface area contributed by atoms with Gasteiger partial charge in [-0.15, -0.1) is 21.5 Å². The highest BCUT2D eigenvalue weighted by Crippen LogP contribution is 2.37. The normalized spacial score (nSPS) is 20.9. The van der Waals surface area contributed by atoms with Gasteiger partial charge in [-0.2, -0.15) is 5.21 Å². The fraction of sp³-hybridized carbons (Fsp3) is 0.333. The molecule has 14 heteroatoms. The van der Waals surface area contributed by atoms with E-state index in [-0.39, 0.29) is 16.6 Å². The summed E-state index contributed by atoms with van der Waals surface area (Å²) in [6.45, 7) is 1.72. The van der Waals surface area contributed by atoms with Gasteiger partial charge in [-0.25, -0.2) is 14.2 Å². The number of benzene rings is 1. The Labute approximate surface area is 208 Å². The third-order valence-corrected chi connectivity index (χ3v) is 6.79. The molecule has 3 aromatic rings. The molecule has 0 bridgehead atoms. The van der Waals surface area contributed by atoms with Gasteiger partial charge in [-0.05, 0) is 12.1 Å². The summed E-state index contributed by atoms with van der Waals surface area (Å²) in [6.07, 6.45) is 1.66. The number of hydrogen-bond donors (Lipinski definition) is 2. The van der Waals surface area contributed by atoms with Crippen LogP contribution in [0.2, 0.25) is 5.02 Å². The number of ether oxygens (including phenoxy) is 2. The molecule has 2 aliphatic rings. The first kappa shape index (κ1) is 23.5. The largest absolute Gasteiger partial charge is 0.466 e. The number of rotatable bonds is 6. The molecule has 2 atom stereocenters. The first-order valence-electron chi connectivity index (χ1n) is 10.6. The molecule has 4 heterocycles. The lowest BCUT2D eigenvalue weighted by Gasteiger charge is -2.36. The maximum absolute atomic E-state index is 13.8. The van der Waals surface area contributed by atoms with E-state index in [1.54, 1.807) is 6.20 Å². The number of esters is 1. The third-order valence-electron chi connectivity index (χ3n) is 5.68. The summed E-state index contributed by atoms with van der Waals surface area (Å²) >= 11 is 7.80. The molecule has 2 aliphatic heterocycles. The molecule has 2 N–H and O–H groups in total. The van der Waals surface area contributed by atoms with Gasteiger partial charge in [0, 0.05) is 40.9 Å². The number of amidine groups is 1. The predicted molar refractivity (Wildman–Crippen MR) is 124 cm³/mol. The Kier molecular flexibility index (Phi) is 6.81. The summed E-state index contributed by atoms with van der Waals surface area (Å²) in [4.78, 5) is 24.3. The van der Waals surface area contributed by atoms with E-state index < -0.39 is 17.8 Å². The minimum atomic E-state index is -0.838. The fourth-order valence-corrected chi connectivity index (χ4v) is 4.91. The number of carbonyl (C=O) groups excluding carboxylic acids is 1. The number of halogens is 2. The molecule has 0 radical (unpaired) electrons. The topological polar surface area (TPSA) is 131 Å². The molecule has 2 aromatic heterocycles. The molecular weight excluding hydrogens is 499 g/mol. The molecule has 1 saturated heterocycles. The highest BCUT2D eigenvalue weighted by molar-refractivity contribution is 7.11. The van der Waals surface area contributed by atoms with Crippen LogP contribution in [-0.4, -0.2) is 75.7 Å². The van der Waals surface area contributed by atoms with Crippen LogP contribution in [0.15, 0.2) is 46.0 Å². The second-order valence-electron chi connectivity index (χ2n) is 7.72. The summed E-state index contributed by atoms with van der Waals surface area (Å²) in [6, 6.07) is 2.88. The molecule has 5 rings (SSSR count). The average molecular weight is 519 g/mol. The lowest BCUT2D eigenvalue weighted by atomic mass is 9.95. The lowest BCUT2D eigenvalue weighted by Crippen LogP contribution is -2.45. The van der Waals surface area contributed by atoms with Gasteiger partial charge in [0.1, 0.15) is 11.9 Å². The number of aromatic amines is 1. The highest BCUT2D eigenvalue weighted by atomic mass is 35.5. The first-order valence-corrected chi connectivity index (χ1v) is 11.9. The van der Waals surface area contributed by atoms with Crippen LogP contribution in [0.4, 0.5) is 4.39 Å². The quantitative estimate of drug-likeness (QED) is 0.470. The second-order valence-corrected chi connectivity index (χ2v) is 9.03. The Hall–Kier alpha value is -3.26. The zero-order chi connectivity index (χ0) is 24.4.